The third-order valence-corrected chi connectivity index (χ3v) is 8.03. The molecule has 5 aromatic rings. The van der Waals surface area contributed by atoms with Gasteiger partial charge >= 0.3 is 6.55 Å². The molecule has 0 fully saturated rings. The van der Waals surface area contributed by atoms with Crippen molar-refractivity contribution in [2.24, 2.45) is 0 Å². The van der Waals surface area contributed by atoms with Crippen LogP contribution >= 0.6 is 23.2 Å². The van der Waals surface area contributed by atoms with Crippen molar-refractivity contribution in [2.45, 2.75) is 31.6 Å². The Morgan fingerprint density at radius 1 is 1.02 bits per heavy atom. The van der Waals surface area contributed by atoms with E-state index in [9.17, 15) is 23.8 Å². The van der Waals surface area contributed by atoms with Crippen LogP contribution in [0.25, 0.3) is 22.2 Å². The largest absolute Gasteiger partial charge is 0.494 e. The van der Waals surface area contributed by atoms with Gasteiger partial charge in [0, 0.05) is 22.7 Å². The summed E-state index contributed by atoms with van der Waals surface area (Å²) in [5, 5.41) is 30.7. The van der Waals surface area contributed by atoms with Crippen LogP contribution < -0.4 is 10.1 Å². The Bertz CT molecular complexity index is 1840. The Balaban J connectivity index is 1.59. The number of carbonyl (C=O) groups is 1. The lowest BCUT2D eigenvalue weighted by Gasteiger charge is -2.31. The van der Waals surface area contributed by atoms with Crippen LogP contribution in [0.15, 0.2) is 79.0 Å². The molecule has 12 heteroatoms. The quantitative estimate of drug-likeness (QED) is 0.165. The van der Waals surface area contributed by atoms with E-state index >= 15 is 0 Å². The van der Waals surface area contributed by atoms with Crippen LogP contribution in [0.5, 0.6) is 5.75 Å². The summed E-state index contributed by atoms with van der Waals surface area (Å²) in [5.74, 6) is -0.478. The molecule has 0 aliphatic rings. The van der Waals surface area contributed by atoms with Crippen molar-refractivity contribution in [1.82, 2.24) is 20.1 Å². The highest BCUT2D eigenvalue weighted by molar-refractivity contribution is 6.43. The van der Waals surface area contributed by atoms with Crippen molar-refractivity contribution in [3.8, 4) is 17.0 Å². The Labute approximate surface area is 261 Å². The Morgan fingerprint density at radius 2 is 1.75 bits per heavy atom. The lowest BCUT2D eigenvalue weighted by molar-refractivity contribution is 0.0573. The molecule has 44 heavy (non-hydrogen) atoms. The first-order chi connectivity index (χ1) is 20.8. The summed E-state index contributed by atoms with van der Waals surface area (Å²) in [5.41, 5.74) is -1.17. The number of amides is 1. The number of halogens is 4. The van der Waals surface area contributed by atoms with Crippen LogP contribution in [0.2, 0.25) is 10.0 Å². The highest BCUT2D eigenvalue weighted by atomic mass is 35.5. The number of aromatic nitrogens is 3. The van der Waals surface area contributed by atoms with Crippen molar-refractivity contribution >= 4 is 40.0 Å². The van der Waals surface area contributed by atoms with Gasteiger partial charge in [-0.15, -0.1) is 0 Å². The Hall–Kier alpha value is -4.09. The number of nitrogens with zero attached hydrogens (tertiary/aromatic N) is 3. The molecule has 0 radical (unpaired) electrons. The first-order valence-corrected chi connectivity index (χ1v) is 14.2. The highest BCUT2D eigenvalue weighted by Crippen LogP contribution is 2.37. The smallest absolute Gasteiger partial charge is 0.333 e. The van der Waals surface area contributed by atoms with Gasteiger partial charge in [0.1, 0.15) is 16.9 Å². The van der Waals surface area contributed by atoms with Gasteiger partial charge in [-0.2, -0.15) is 13.9 Å². The maximum atomic E-state index is 13.5. The normalized spacial score (nSPS) is 13.2. The summed E-state index contributed by atoms with van der Waals surface area (Å²) in [6.07, 6.45) is 1.12. The summed E-state index contributed by atoms with van der Waals surface area (Å²) in [6, 6.07) is 19.7. The molecular formula is C32H28Cl2F2N4O4. The molecular weight excluding hydrogens is 613 g/mol. The number of hydrogen-bond donors (Lipinski definition) is 3. The van der Waals surface area contributed by atoms with Gasteiger partial charge in [0.15, 0.2) is 0 Å². The van der Waals surface area contributed by atoms with Gasteiger partial charge in [0.25, 0.3) is 5.91 Å². The van der Waals surface area contributed by atoms with Gasteiger partial charge in [0.05, 0.1) is 40.7 Å². The molecule has 3 aromatic carbocycles. The number of fused-ring (bicyclic) bond motifs is 1. The average molecular weight is 642 g/mol. The molecule has 0 saturated carbocycles. The number of hydrogen-bond acceptors (Lipinski definition) is 6. The van der Waals surface area contributed by atoms with Gasteiger partial charge in [-0.05, 0) is 55.3 Å². The molecule has 228 valence electrons. The summed E-state index contributed by atoms with van der Waals surface area (Å²) in [6.45, 7) is -0.0294. The van der Waals surface area contributed by atoms with E-state index in [1.807, 2.05) is 0 Å². The van der Waals surface area contributed by atoms with Gasteiger partial charge in [0.2, 0.25) is 0 Å². The van der Waals surface area contributed by atoms with Crippen molar-refractivity contribution < 1.29 is 28.5 Å². The van der Waals surface area contributed by atoms with E-state index in [4.69, 9.17) is 32.9 Å². The predicted octanol–water partition coefficient (Wildman–Crippen LogP) is 6.70. The average Bonchev–Trinajstić information content (AvgIpc) is 3.45. The summed E-state index contributed by atoms with van der Waals surface area (Å²) >= 11 is 12.8. The minimum Gasteiger partial charge on any atom is -0.494 e. The van der Waals surface area contributed by atoms with Gasteiger partial charge in [-0.1, -0.05) is 65.7 Å². The van der Waals surface area contributed by atoms with Crippen molar-refractivity contribution in [3.63, 3.8) is 0 Å². The molecule has 1 amide bonds. The van der Waals surface area contributed by atoms with Crippen molar-refractivity contribution in [3.05, 3.63) is 111 Å². The van der Waals surface area contributed by atoms with E-state index in [0.29, 0.717) is 32.1 Å². The topological polar surface area (TPSA) is 110 Å². The molecule has 1 atom stereocenters. The molecule has 0 unspecified atom stereocenters. The second kappa shape index (κ2) is 12.1. The van der Waals surface area contributed by atoms with Crippen LogP contribution in [0.1, 0.15) is 47.6 Å². The molecule has 5 rings (SSSR count). The third-order valence-electron chi connectivity index (χ3n) is 7.21. The SMILES string of the molecule is COc1cc(C(=O)NC[C@@](O)(c2ccccc2)c2cc(C(C)(C)O)cc(-c3cccc(Cl)c3Cl)n2)cc2cn(C(F)F)nc12. The molecule has 0 aliphatic carbocycles. The van der Waals surface area contributed by atoms with E-state index in [1.165, 1.54) is 19.2 Å². The van der Waals surface area contributed by atoms with Crippen LogP contribution in [0, 0.1) is 0 Å². The molecule has 0 saturated heterocycles. The number of alkyl halides is 2. The Kier molecular flexibility index (Phi) is 8.64. The van der Waals surface area contributed by atoms with Gasteiger partial charge in [-0.3, -0.25) is 4.79 Å². The maximum Gasteiger partial charge on any atom is 0.333 e. The zero-order valence-corrected chi connectivity index (χ0v) is 25.4. The first-order valence-electron chi connectivity index (χ1n) is 13.4. The zero-order chi connectivity index (χ0) is 31.8. The number of rotatable bonds is 9. The van der Waals surface area contributed by atoms with E-state index in [-0.39, 0.29) is 39.5 Å². The Morgan fingerprint density at radius 3 is 2.41 bits per heavy atom. The third kappa shape index (κ3) is 6.11. The highest BCUT2D eigenvalue weighted by Gasteiger charge is 2.36. The minimum absolute atomic E-state index is 0.100. The van der Waals surface area contributed by atoms with Gasteiger partial charge < -0.3 is 20.3 Å². The number of carbonyl (C=O) groups excluding carboxylic acids is 1. The number of ether oxygens (including phenoxy) is 1. The van der Waals surface area contributed by atoms with E-state index in [2.05, 4.69) is 10.4 Å². The molecule has 2 heterocycles. The predicted molar refractivity (Wildman–Crippen MR) is 164 cm³/mol. The lowest BCUT2D eigenvalue weighted by atomic mass is 9.86. The number of methoxy groups -OCH3 is 1. The second-order valence-corrected chi connectivity index (χ2v) is 11.5. The van der Waals surface area contributed by atoms with Crippen LogP contribution in [-0.2, 0) is 11.2 Å². The van der Waals surface area contributed by atoms with Crippen LogP contribution in [-0.4, -0.2) is 44.5 Å². The minimum atomic E-state index is -2.87. The number of pyridine rings is 1. The van der Waals surface area contributed by atoms with E-state index in [0.717, 1.165) is 6.20 Å². The van der Waals surface area contributed by atoms with E-state index < -0.39 is 23.7 Å². The molecule has 0 aliphatic heterocycles. The molecule has 3 N–H and O–H groups in total. The molecule has 8 nitrogen and oxygen atoms in total. The van der Waals surface area contributed by atoms with Crippen molar-refractivity contribution in [2.75, 3.05) is 13.7 Å². The fraction of sp³-hybridized carbons (Fsp3) is 0.219. The van der Waals surface area contributed by atoms with Crippen LogP contribution in [0.3, 0.4) is 0 Å². The second-order valence-electron chi connectivity index (χ2n) is 10.7. The maximum absolute atomic E-state index is 13.5. The summed E-state index contributed by atoms with van der Waals surface area (Å²) in [7, 11) is 1.34. The number of nitrogens with one attached hydrogen (secondary N) is 1. The molecule has 0 spiro atoms. The number of benzene rings is 3. The fourth-order valence-corrected chi connectivity index (χ4v) is 5.21. The monoisotopic (exact) mass is 640 g/mol. The summed E-state index contributed by atoms with van der Waals surface area (Å²) in [4.78, 5) is 18.2. The van der Waals surface area contributed by atoms with E-state index in [1.54, 1.807) is 74.5 Å². The van der Waals surface area contributed by atoms with Gasteiger partial charge in [-0.25, -0.2) is 9.67 Å². The lowest BCUT2D eigenvalue weighted by Crippen LogP contribution is -2.42. The first kappa shape index (κ1) is 31.3. The standard InChI is InChI=1S/C32H28Cl2F2N4O4/c1-31(2,42)21-14-24(22-10-7-11-23(33)27(22)34)38-26(15-21)32(43,20-8-5-4-6-9-20)17-37-29(41)18-12-19-16-40(30(35)36)39-28(19)25(13-18)44-3/h4-16,30,42-43H,17H2,1-3H3,(H,37,41)/t32-/m1/s1. The van der Waals surface area contributed by atoms with Crippen molar-refractivity contribution in [1.29, 1.82) is 0 Å². The molecule has 2 aromatic heterocycles. The summed E-state index contributed by atoms with van der Waals surface area (Å²) < 4.78 is 32.3. The molecule has 0 bridgehead atoms. The zero-order valence-electron chi connectivity index (χ0n) is 23.9. The number of aliphatic hydroxyl groups is 2. The van der Waals surface area contributed by atoms with Crippen LogP contribution in [0.4, 0.5) is 8.78 Å². The fourth-order valence-electron chi connectivity index (χ4n) is 4.81.